The Morgan fingerprint density at radius 3 is 1.20 bits per heavy atom. The minimum Gasteiger partial charge on any atom is 0 e. The molecule has 0 aliphatic heterocycles. The standard InChI is InChI=1S/Ca.ClHO.Fe.Mg.4H/c;1-2;;;;;;/h;2H;;;;;;. The fourth-order valence-electron chi connectivity index (χ4n) is 0. The average molecular weight is 177 g/mol. The van der Waals surface area contributed by atoms with E-state index in [2.05, 4.69) is 11.9 Å². The number of rotatable bonds is 0. The molecule has 0 atom stereocenters. The number of hydrogen-bond acceptors (Lipinski definition) is 1. The van der Waals surface area contributed by atoms with Gasteiger partial charge in [-0.3, -0.25) is 4.66 Å². The van der Waals surface area contributed by atoms with E-state index < -0.39 is 0 Å². The van der Waals surface area contributed by atoms with Crippen LogP contribution in [0.3, 0.4) is 0 Å². The van der Waals surface area contributed by atoms with Gasteiger partial charge >= 0.3 is 60.8 Å². The monoisotopic (exact) mass is 176 g/mol. The van der Waals surface area contributed by atoms with Crippen LogP contribution >= 0.6 is 11.9 Å². The molecule has 0 saturated carbocycles. The Kier molecular flexibility index (Phi) is 146. The summed E-state index contributed by atoms with van der Waals surface area (Å²) in [5.41, 5.74) is 0. The first-order valence-corrected chi connectivity index (χ1v) is 0.507. The topological polar surface area (TPSA) is 20.2 Å². The molecular weight excluding hydrogens is 172 g/mol. The van der Waals surface area contributed by atoms with Crippen LogP contribution in [0.2, 0.25) is 0 Å². The Morgan fingerprint density at radius 2 is 1.20 bits per heavy atom. The molecule has 0 heterocycles. The van der Waals surface area contributed by atoms with E-state index in [1.807, 2.05) is 0 Å². The molecular formula is H5CaClFeMgO. The molecule has 0 aliphatic carbocycles. The van der Waals surface area contributed by atoms with Gasteiger partial charge in [0.15, 0.2) is 0 Å². The van der Waals surface area contributed by atoms with E-state index in [4.69, 9.17) is 4.66 Å². The predicted molar refractivity (Wildman–Crippen MR) is 25.2 cm³/mol. The zero-order chi connectivity index (χ0) is 2.00. The second kappa shape index (κ2) is 29.2. The quantitative estimate of drug-likeness (QED) is 0.437. The Labute approximate surface area is 92.6 Å². The van der Waals surface area contributed by atoms with Crippen molar-refractivity contribution in [2.45, 2.75) is 0 Å². The zero-order valence-electron chi connectivity index (χ0n) is 1.18. The van der Waals surface area contributed by atoms with Gasteiger partial charge < -0.3 is 0 Å². The number of halogens is 1. The van der Waals surface area contributed by atoms with E-state index in [1.165, 1.54) is 0 Å². The van der Waals surface area contributed by atoms with Gasteiger partial charge in [0.25, 0.3) is 0 Å². The minimum atomic E-state index is 0. The van der Waals surface area contributed by atoms with Gasteiger partial charge in [0, 0.05) is 17.1 Å². The smallest absolute Gasteiger partial charge is 0 e. The molecule has 0 aromatic rings. The van der Waals surface area contributed by atoms with E-state index in [0.29, 0.717) is 0 Å². The van der Waals surface area contributed by atoms with Gasteiger partial charge in [-0.15, -0.1) is 0 Å². The first-order chi connectivity index (χ1) is 1.00. The minimum absolute atomic E-state index is 0. The molecule has 0 amide bonds. The second-order valence-electron chi connectivity index (χ2n) is 0. The van der Waals surface area contributed by atoms with Crippen LogP contribution in [0.4, 0.5) is 0 Å². The SMILES string of the molecule is OCl.[CaH2].[Fe].[MgH2]. The summed E-state index contributed by atoms with van der Waals surface area (Å²) >= 11 is 3.64. The summed E-state index contributed by atoms with van der Waals surface area (Å²) in [5.74, 6) is 0. The van der Waals surface area contributed by atoms with Crippen LogP contribution in [0.5, 0.6) is 0 Å². The van der Waals surface area contributed by atoms with Gasteiger partial charge in [-0.05, 0) is 0 Å². The predicted octanol–water partition coefficient (Wildman–Crippen LogP) is -1.70. The molecule has 0 radical (unpaired) electrons. The maximum Gasteiger partial charge on any atom is 0.316 e. The van der Waals surface area contributed by atoms with Crippen molar-refractivity contribution in [3.63, 3.8) is 0 Å². The van der Waals surface area contributed by atoms with Gasteiger partial charge in [0.1, 0.15) is 0 Å². The van der Waals surface area contributed by atoms with Crippen molar-refractivity contribution in [3.05, 3.63) is 0 Å². The van der Waals surface area contributed by atoms with E-state index in [9.17, 15) is 0 Å². The summed E-state index contributed by atoms with van der Waals surface area (Å²) < 4.78 is 6.47. The van der Waals surface area contributed by atoms with Crippen molar-refractivity contribution in [3.8, 4) is 0 Å². The molecule has 0 rings (SSSR count). The molecule has 0 aromatic carbocycles. The Bertz CT molecular complexity index is 11.6. The fourth-order valence-corrected chi connectivity index (χ4v) is 0. The summed E-state index contributed by atoms with van der Waals surface area (Å²) in [5, 5.41) is 0. The molecule has 0 fully saturated rings. The van der Waals surface area contributed by atoms with Crippen molar-refractivity contribution in [1.29, 1.82) is 0 Å². The third kappa shape index (κ3) is 20.0. The Hall–Kier alpha value is 2.80. The maximum atomic E-state index is 6.47. The zero-order valence-corrected chi connectivity index (χ0v) is 3.04. The fraction of sp³-hybridized carbons (Fsp3) is 0. The molecule has 0 unspecified atom stereocenters. The van der Waals surface area contributed by atoms with Crippen molar-refractivity contribution in [1.82, 2.24) is 0 Å². The van der Waals surface area contributed by atoms with E-state index in [0.717, 1.165) is 0 Å². The molecule has 0 aromatic heterocycles. The van der Waals surface area contributed by atoms with Gasteiger partial charge in [-0.2, -0.15) is 0 Å². The molecule has 30 valence electrons. The average Bonchev–Trinajstić information content (AvgIpc) is 1.00. The van der Waals surface area contributed by atoms with Gasteiger partial charge in [-0.25, -0.2) is 0 Å². The largest absolute Gasteiger partial charge is 0.316 e. The van der Waals surface area contributed by atoms with Crippen LogP contribution in [0, 0.1) is 0 Å². The van der Waals surface area contributed by atoms with Crippen LogP contribution in [-0.4, -0.2) is 65.5 Å². The van der Waals surface area contributed by atoms with E-state index >= 15 is 0 Å². The molecule has 5 heteroatoms. The summed E-state index contributed by atoms with van der Waals surface area (Å²) in [7, 11) is 0. The molecule has 1 nitrogen and oxygen atoms in total. The van der Waals surface area contributed by atoms with Gasteiger partial charge in [-0.1, -0.05) is 0 Å². The summed E-state index contributed by atoms with van der Waals surface area (Å²) in [6.07, 6.45) is 0. The van der Waals surface area contributed by atoms with Crippen molar-refractivity contribution in [2.75, 3.05) is 0 Å². The molecule has 0 saturated heterocycles. The summed E-state index contributed by atoms with van der Waals surface area (Å²) in [4.78, 5) is 0. The third-order valence-corrected chi connectivity index (χ3v) is 0. The van der Waals surface area contributed by atoms with Crippen molar-refractivity contribution >= 4 is 72.7 Å². The third-order valence-electron chi connectivity index (χ3n) is 0. The van der Waals surface area contributed by atoms with E-state index in [-0.39, 0.29) is 77.9 Å². The van der Waals surface area contributed by atoms with Gasteiger partial charge in [0.05, 0.1) is 11.9 Å². The molecule has 5 heavy (non-hydrogen) atoms. The molecule has 0 bridgehead atoms. The van der Waals surface area contributed by atoms with Crippen molar-refractivity contribution < 1.29 is 21.7 Å². The van der Waals surface area contributed by atoms with Crippen LogP contribution in [0.15, 0.2) is 0 Å². The van der Waals surface area contributed by atoms with Crippen molar-refractivity contribution in [2.24, 2.45) is 0 Å². The first kappa shape index (κ1) is 25.0. The Balaban J connectivity index is -0.00000000167. The number of hydrogen-bond donors (Lipinski definition) is 1. The van der Waals surface area contributed by atoms with Crippen LogP contribution in [0.1, 0.15) is 0 Å². The maximum absolute atomic E-state index is 6.47. The second-order valence-corrected chi connectivity index (χ2v) is 0. The normalized spacial score (nSPS) is 1.20. The molecule has 0 aliphatic rings. The molecule has 1 N–H and O–H groups in total. The van der Waals surface area contributed by atoms with Crippen LogP contribution in [-0.2, 0) is 17.1 Å². The summed E-state index contributed by atoms with van der Waals surface area (Å²) in [6, 6.07) is 0. The Morgan fingerprint density at radius 1 is 1.20 bits per heavy atom. The van der Waals surface area contributed by atoms with E-state index in [1.54, 1.807) is 0 Å². The van der Waals surface area contributed by atoms with Crippen LogP contribution < -0.4 is 0 Å². The van der Waals surface area contributed by atoms with Gasteiger partial charge in [0.2, 0.25) is 0 Å². The molecule has 0 spiro atoms. The summed E-state index contributed by atoms with van der Waals surface area (Å²) in [6.45, 7) is 0. The first-order valence-electron chi connectivity index (χ1n) is 0.169. The van der Waals surface area contributed by atoms with Crippen LogP contribution in [0.25, 0.3) is 0 Å².